The third-order valence-electron chi connectivity index (χ3n) is 2.78. The van der Waals surface area contributed by atoms with Gasteiger partial charge < -0.3 is 0 Å². The van der Waals surface area contributed by atoms with E-state index < -0.39 is 0 Å². The summed E-state index contributed by atoms with van der Waals surface area (Å²) in [6, 6.07) is 7.87. The molecule has 0 saturated carbocycles. The van der Waals surface area contributed by atoms with Gasteiger partial charge in [0.05, 0.1) is 4.91 Å². The molecule has 1 aromatic carbocycles. The van der Waals surface area contributed by atoms with Crippen LogP contribution in [0.25, 0.3) is 6.08 Å². The molecule has 1 aliphatic rings. The standard InChI is InChI=1S/C14H14BrNOS2/c1-2-3-8-16-13(17)12(19-14(16)18)9-10-4-6-11(15)7-5-10/h4-7,9H,2-3,8H2,1H3. The number of nitrogens with zero attached hydrogens (tertiary/aromatic N) is 1. The number of thioether (sulfide) groups is 1. The molecular formula is C14H14BrNOS2. The monoisotopic (exact) mass is 355 g/mol. The SMILES string of the molecule is CCCCN1C(=O)C(=Cc2ccc(Br)cc2)SC1=S. The number of halogens is 1. The van der Waals surface area contributed by atoms with Crippen LogP contribution in [0.2, 0.25) is 0 Å². The average molecular weight is 356 g/mol. The van der Waals surface area contributed by atoms with Gasteiger partial charge >= 0.3 is 0 Å². The topological polar surface area (TPSA) is 20.3 Å². The number of amides is 1. The van der Waals surface area contributed by atoms with Crippen molar-refractivity contribution in [3.63, 3.8) is 0 Å². The van der Waals surface area contributed by atoms with Crippen molar-refractivity contribution in [3.05, 3.63) is 39.2 Å². The fourth-order valence-corrected chi connectivity index (χ4v) is 3.29. The quantitative estimate of drug-likeness (QED) is 0.587. The van der Waals surface area contributed by atoms with Crippen molar-refractivity contribution < 1.29 is 4.79 Å². The molecule has 0 radical (unpaired) electrons. The maximum atomic E-state index is 12.2. The van der Waals surface area contributed by atoms with Gasteiger partial charge in [0.25, 0.3) is 5.91 Å². The van der Waals surface area contributed by atoms with Gasteiger partial charge in [-0.05, 0) is 30.2 Å². The third kappa shape index (κ3) is 3.68. The number of carbonyl (C=O) groups excluding carboxylic acids is 1. The van der Waals surface area contributed by atoms with Crippen molar-refractivity contribution in [1.29, 1.82) is 0 Å². The zero-order valence-corrected chi connectivity index (χ0v) is 13.8. The molecule has 1 heterocycles. The maximum Gasteiger partial charge on any atom is 0.266 e. The first-order valence-corrected chi connectivity index (χ1v) is 8.14. The largest absolute Gasteiger partial charge is 0.293 e. The highest BCUT2D eigenvalue weighted by Crippen LogP contribution is 2.32. The second kappa shape index (κ2) is 6.68. The van der Waals surface area contributed by atoms with Gasteiger partial charge in [-0.1, -0.05) is 65.4 Å². The van der Waals surface area contributed by atoms with E-state index >= 15 is 0 Å². The molecule has 1 saturated heterocycles. The number of unbranched alkanes of at least 4 members (excludes halogenated alkanes) is 1. The van der Waals surface area contributed by atoms with E-state index in [1.807, 2.05) is 30.3 Å². The van der Waals surface area contributed by atoms with Gasteiger partial charge in [-0.3, -0.25) is 9.69 Å². The van der Waals surface area contributed by atoms with Crippen molar-refractivity contribution in [1.82, 2.24) is 4.90 Å². The molecule has 100 valence electrons. The summed E-state index contributed by atoms with van der Waals surface area (Å²) in [5.41, 5.74) is 1.01. The second-order valence-electron chi connectivity index (χ2n) is 4.24. The molecule has 0 bridgehead atoms. The van der Waals surface area contributed by atoms with Crippen LogP contribution in [0.15, 0.2) is 33.6 Å². The molecule has 2 rings (SSSR count). The van der Waals surface area contributed by atoms with Crippen molar-refractivity contribution >= 4 is 56.2 Å². The van der Waals surface area contributed by atoms with E-state index in [9.17, 15) is 4.79 Å². The Kier molecular flexibility index (Phi) is 5.19. The average Bonchev–Trinajstić information content (AvgIpc) is 2.65. The molecular weight excluding hydrogens is 342 g/mol. The molecule has 0 unspecified atom stereocenters. The smallest absolute Gasteiger partial charge is 0.266 e. The lowest BCUT2D eigenvalue weighted by Crippen LogP contribution is -2.28. The summed E-state index contributed by atoms with van der Waals surface area (Å²) in [7, 11) is 0. The number of hydrogen-bond donors (Lipinski definition) is 0. The van der Waals surface area contributed by atoms with E-state index in [1.165, 1.54) is 11.8 Å². The Labute approximate surface area is 131 Å². The first kappa shape index (κ1) is 14.8. The second-order valence-corrected chi connectivity index (χ2v) is 6.83. The lowest BCUT2D eigenvalue weighted by Gasteiger charge is -2.12. The van der Waals surface area contributed by atoms with Crippen LogP contribution < -0.4 is 0 Å². The van der Waals surface area contributed by atoms with Crippen LogP contribution >= 0.6 is 39.9 Å². The fraction of sp³-hybridized carbons (Fsp3) is 0.286. The van der Waals surface area contributed by atoms with E-state index in [0.29, 0.717) is 9.23 Å². The fourth-order valence-electron chi connectivity index (χ4n) is 1.72. The van der Waals surface area contributed by atoms with Crippen LogP contribution in [-0.4, -0.2) is 21.7 Å². The van der Waals surface area contributed by atoms with Crippen LogP contribution in [0.3, 0.4) is 0 Å². The number of hydrogen-bond acceptors (Lipinski definition) is 3. The third-order valence-corrected chi connectivity index (χ3v) is 4.68. The minimum absolute atomic E-state index is 0.0337. The molecule has 1 aliphatic heterocycles. The first-order valence-electron chi connectivity index (χ1n) is 6.12. The van der Waals surface area contributed by atoms with E-state index in [0.717, 1.165) is 29.4 Å². The van der Waals surface area contributed by atoms with Crippen LogP contribution in [0.4, 0.5) is 0 Å². The highest BCUT2D eigenvalue weighted by Gasteiger charge is 2.31. The minimum Gasteiger partial charge on any atom is -0.293 e. The van der Waals surface area contributed by atoms with Gasteiger partial charge in [0.15, 0.2) is 0 Å². The van der Waals surface area contributed by atoms with Crippen LogP contribution in [0.1, 0.15) is 25.3 Å². The van der Waals surface area contributed by atoms with Gasteiger partial charge in [0, 0.05) is 11.0 Å². The molecule has 0 aliphatic carbocycles. The van der Waals surface area contributed by atoms with Gasteiger partial charge in [-0.25, -0.2) is 0 Å². The Morgan fingerprint density at radius 3 is 2.68 bits per heavy atom. The minimum atomic E-state index is 0.0337. The molecule has 0 N–H and O–H groups in total. The summed E-state index contributed by atoms with van der Waals surface area (Å²) < 4.78 is 1.70. The molecule has 5 heteroatoms. The zero-order valence-electron chi connectivity index (χ0n) is 10.6. The van der Waals surface area contributed by atoms with Crippen molar-refractivity contribution in [2.24, 2.45) is 0 Å². The highest BCUT2D eigenvalue weighted by molar-refractivity contribution is 9.10. The Balaban J connectivity index is 2.16. The molecule has 0 spiro atoms. The number of thiocarbonyl (C=S) groups is 1. The van der Waals surface area contributed by atoms with Crippen molar-refractivity contribution in [2.45, 2.75) is 19.8 Å². The summed E-state index contributed by atoms with van der Waals surface area (Å²) in [5, 5.41) is 0. The summed E-state index contributed by atoms with van der Waals surface area (Å²) >= 11 is 10.0. The Hall–Kier alpha value is -0.650. The Morgan fingerprint density at radius 2 is 2.05 bits per heavy atom. The number of benzene rings is 1. The van der Waals surface area contributed by atoms with Crippen LogP contribution in [-0.2, 0) is 4.79 Å². The molecule has 1 fully saturated rings. The molecule has 1 amide bonds. The van der Waals surface area contributed by atoms with Gasteiger partial charge in [0.1, 0.15) is 4.32 Å². The Bertz CT molecular complexity index is 525. The maximum absolute atomic E-state index is 12.2. The van der Waals surface area contributed by atoms with E-state index in [-0.39, 0.29) is 5.91 Å². The molecule has 19 heavy (non-hydrogen) atoms. The lowest BCUT2D eigenvalue weighted by atomic mass is 10.2. The predicted molar refractivity (Wildman–Crippen MR) is 88.9 cm³/mol. The highest BCUT2D eigenvalue weighted by atomic mass is 79.9. The summed E-state index contributed by atoms with van der Waals surface area (Å²) in [5.74, 6) is 0.0337. The van der Waals surface area contributed by atoms with E-state index in [1.54, 1.807) is 4.90 Å². The van der Waals surface area contributed by atoms with E-state index in [2.05, 4.69) is 22.9 Å². The molecule has 0 atom stereocenters. The summed E-state index contributed by atoms with van der Waals surface area (Å²) in [6.45, 7) is 2.83. The Morgan fingerprint density at radius 1 is 1.37 bits per heavy atom. The van der Waals surface area contributed by atoms with Gasteiger partial charge in [-0.2, -0.15) is 0 Å². The van der Waals surface area contributed by atoms with E-state index in [4.69, 9.17) is 12.2 Å². The predicted octanol–water partition coefficient (Wildman–Crippen LogP) is 4.45. The van der Waals surface area contributed by atoms with Crippen molar-refractivity contribution in [3.8, 4) is 0 Å². The molecule has 2 nitrogen and oxygen atoms in total. The van der Waals surface area contributed by atoms with Crippen LogP contribution in [0, 0.1) is 0 Å². The van der Waals surface area contributed by atoms with Crippen LogP contribution in [0.5, 0.6) is 0 Å². The summed E-state index contributed by atoms with van der Waals surface area (Å²) in [4.78, 5) is 14.6. The number of rotatable bonds is 4. The number of carbonyl (C=O) groups is 1. The van der Waals surface area contributed by atoms with Gasteiger partial charge in [-0.15, -0.1) is 0 Å². The lowest BCUT2D eigenvalue weighted by molar-refractivity contribution is -0.122. The summed E-state index contributed by atoms with van der Waals surface area (Å²) in [6.07, 6.45) is 3.94. The first-order chi connectivity index (χ1) is 9.11. The normalized spacial score (nSPS) is 17.6. The molecule has 0 aromatic heterocycles. The van der Waals surface area contributed by atoms with Gasteiger partial charge in [0.2, 0.25) is 0 Å². The zero-order chi connectivity index (χ0) is 13.8. The molecule has 1 aromatic rings. The van der Waals surface area contributed by atoms with Crippen molar-refractivity contribution in [2.75, 3.05) is 6.54 Å².